The standard InChI is InChI=1S/C14H29NO5.C2H6/c1-3-6-17-8-10-19-12-13-20-11-9-18-7-5-14(16)15-4-2;1-2/h3-13H2,1-2H3,(H,15,16);1-2H3. The highest BCUT2D eigenvalue weighted by atomic mass is 16.6. The minimum absolute atomic E-state index is 0.0205. The molecule has 0 radical (unpaired) electrons. The Morgan fingerprint density at radius 1 is 0.727 bits per heavy atom. The van der Waals surface area contributed by atoms with Crippen molar-refractivity contribution < 1.29 is 23.7 Å². The topological polar surface area (TPSA) is 66.0 Å². The third kappa shape index (κ3) is 21.6. The highest BCUT2D eigenvalue weighted by Gasteiger charge is 1.98. The van der Waals surface area contributed by atoms with Gasteiger partial charge in [-0.15, -0.1) is 0 Å². The van der Waals surface area contributed by atoms with Gasteiger partial charge in [0.25, 0.3) is 0 Å². The molecular weight excluding hydrogens is 286 g/mol. The Morgan fingerprint density at radius 3 is 1.55 bits per heavy atom. The van der Waals surface area contributed by atoms with Crippen molar-refractivity contribution in [2.75, 3.05) is 59.4 Å². The lowest BCUT2D eigenvalue weighted by Crippen LogP contribution is -2.24. The molecule has 0 fully saturated rings. The van der Waals surface area contributed by atoms with Crippen molar-refractivity contribution in [3.63, 3.8) is 0 Å². The van der Waals surface area contributed by atoms with Crippen molar-refractivity contribution in [2.45, 2.75) is 40.5 Å². The number of amides is 1. The molecule has 22 heavy (non-hydrogen) atoms. The summed E-state index contributed by atoms with van der Waals surface area (Å²) in [5.41, 5.74) is 0. The van der Waals surface area contributed by atoms with Gasteiger partial charge in [-0.25, -0.2) is 0 Å². The molecule has 0 aliphatic rings. The average Bonchev–Trinajstić information content (AvgIpc) is 2.54. The molecule has 0 aromatic carbocycles. The Balaban J connectivity index is 0. The molecule has 0 saturated carbocycles. The van der Waals surface area contributed by atoms with Crippen molar-refractivity contribution in [2.24, 2.45) is 0 Å². The van der Waals surface area contributed by atoms with Crippen molar-refractivity contribution in [3.05, 3.63) is 0 Å². The molecule has 0 heterocycles. The quantitative estimate of drug-likeness (QED) is 0.467. The highest BCUT2D eigenvalue weighted by molar-refractivity contribution is 5.75. The van der Waals surface area contributed by atoms with Gasteiger partial charge in [0.15, 0.2) is 0 Å². The molecule has 1 amide bonds. The Morgan fingerprint density at radius 2 is 1.14 bits per heavy atom. The number of hydrogen-bond donors (Lipinski definition) is 1. The molecule has 6 nitrogen and oxygen atoms in total. The first-order chi connectivity index (χ1) is 10.8. The molecular formula is C16H35NO5. The second kappa shape index (κ2) is 22.6. The average molecular weight is 321 g/mol. The molecule has 0 atom stereocenters. The maximum absolute atomic E-state index is 11.1. The first-order valence-electron chi connectivity index (χ1n) is 8.38. The van der Waals surface area contributed by atoms with Gasteiger partial charge in [-0.1, -0.05) is 20.8 Å². The van der Waals surface area contributed by atoms with Crippen LogP contribution in [0.1, 0.15) is 40.5 Å². The van der Waals surface area contributed by atoms with Crippen LogP contribution in [-0.4, -0.2) is 65.3 Å². The summed E-state index contributed by atoms with van der Waals surface area (Å²) in [5, 5.41) is 2.71. The summed E-state index contributed by atoms with van der Waals surface area (Å²) in [4.78, 5) is 11.1. The van der Waals surface area contributed by atoms with E-state index in [0.717, 1.165) is 13.0 Å². The van der Waals surface area contributed by atoms with Crippen LogP contribution in [0.25, 0.3) is 0 Å². The molecule has 0 unspecified atom stereocenters. The second-order valence-corrected chi connectivity index (χ2v) is 4.15. The number of hydrogen-bond acceptors (Lipinski definition) is 5. The molecule has 1 N–H and O–H groups in total. The Labute approximate surface area is 135 Å². The summed E-state index contributed by atoms with van der Waals surface area (Å²) in [7, 11) is 0. The van der Waals surface area contributed by atoms with Gasteiger partial charge in [-0.05, 0) is 13.3 Å². The van der Waals surface area contributed by atoms with E-state index in [4.69, 9.17) is 18.9 Å². The molecule has 0 bridgehead atoms. The molecule has 0 saturated heterocycles. The van der Waals surface area contributed by atoms with Gasteiger partial charge in [0, 0.05) is 19.6 Å². The van der Waals surface area contributed by atoms with Crippen LogP contribution in [0, 0.1) is 0 Å². The maximum atomic E-state index is 11.1. The largest absolute Gasteiger partial charge is 0.379 e. The molecule has 0 aromatic rings. The lowest BCUT2D eigenvalue weighted by molar-refractivity contribution is -0.122. The smallest absolute Gasteiger partial charge is 0.222 e. The van der Waals surface area contributed by atoms with Gasteiger partial charge in [0.1, 0.15) is 0 Å². The molecule has 0 aliphatic heterocycles. The minimum atomic E-state index is 0.0205. The van der Waals surface area contributed by atoms with E-state index in [9.17, 15) is 4.79 Å². The van der Waals surface area contributed by atoms with Crippen LogP contribution in [0.4, 0.5) is 0 Å². The summed E-state index contributed by atoms with van der Waals surface area (Å²) in [6.45, 7) is 13.2. The fourth-order valence-corrected chi connectivity index (χ4v) is 1.36. The highest BCUT2D eigenvalue weighted by Crippen LogP contribution is 1.86. The summed E-state index contributed by atoms with van der Waals surface area (Å²) < 4.78 is 21.2. The van der Waals surface area contributed by atoms with Crippen molar-refractivity contribution in [1.82, 2.24) is 5.32 Å². The summed E-state index contributed by atoms with van der Waals surface area (Å²) >= 11 is 0. The van der Waals surface area contributed by atoms with E-state index in [0.29, 0.717) is 59.2 Å². The van der Waals surface area contributed by atoms with E-state index in [1.54, 1.807) is 0 Å². The van der Waals surface area contributed by atoms with Crippen LogP contribution in [0.5, 0.6) is 0 Å². The van der Waals surface area contributed by atoms with E-state index in [1.807, 2.05) is 20.8 Å². The van der Waals surface area contributed by atoms with Gasteiger partial charge < -0.3 is 24.3 Å². The Kier molecular flexibility index (Phi) is 24.2. The number of carbonyl (C=O) groups excluding carboxylic acids is 1. The Bertz CT molecular complexity index is 215. The molecule has 0 aromatic heterocycles. The normalized spacial score (nSPS) is 10.0. The van der Waals surface area contributed by atoms with Crippen LogP contribution >= 0.6 is 0 Å². The van der Waals surface area contributed by atoms with Crippen LogP contribution in [0.3, 0.4) is 0 Å². The first kappa shape index (κ1) is 23.6. The Hall–Kier alpha value is -0.690. The zero-order chi connectivity index (χ0) is 16.9. The number of nitrogens with one attached hydrogen (secondary N) is 1. The third-order valence-corrected chi connectivity index (χ3v) is 2.31. The number of carbonyl (C=O) groups is 1. The molecule has 134 valence electrons. The molecule has 0 rings (SSSR count). The maximum Gasteiger partial charge on any atom is 0.222 e. The van der Waals surface area contributed by atoms with Crippen molar-refractivity contribution in [1.29, 1.82) is 0 Å². The van der Waals surface area contributed by atoms with E-state index >= 15 is 0 Å². The zero-order valence-corrected chi connectivity index (χ0v) is 14.8. The van der Waals surface area contributed by atoms with Gasteiger partial charge in [-0.2, -0.15) is 0 Å². The lowest BCUT2D eigenvalue weighted by atomic mass is 10.4. The van der Waals surface area contributed by atoms with Crippen molar-refractivity contribution >= 4 is 5.91 Å². The third-order valence-electron chi connectivity index (χ3n) is 2.31. The first-order valence-corrected chi connectivity index (χ1v) is 8.38. The van der Waals surface area contributed by atoms with Crippen LogP contribution < -0.4 is 5.32 Å². The van der Waals surface area contributed by atoms with E-state index < -0.39 is 0 Å². The summed E-state index contributed by atoms with van der Waals surface area (Å²) in [6.07, 6.45) is 1.43. The van der Waals surface area contributed by atoms with Gasteiger partial charge in [0.05, 0.1) is 46.2 Å². The molecule has 0 aliphatic carbocycles. The van der Waals surface area contributed by atoms with Crippen LogP contribution in [0.2, 0.25) is 0 Å². The molecule has 6 heteroatoms. The zero-order valence-electron chi connectivity index (χ0n) is 14.8. The fraction of sp³-hybridized carbons (Fsp3) is 0.938. The number of ether oxygens (including phenoxy) is 4. The predicted octanol–water partition coefficient (Wildman–Crippen LogP) is 2.02. The van der Waals surface area contributed by atoms with E-state index in [2.05, 4.69) is 12.2 Å². The van der Waals surface area contributed by atoms with Gasteiger partial charge >= 0.3 is 0 Å². The summed E-state index contributed by atoms with van der Waals surface area (Å²) in [6, 6.07) is 0. The van der Waals surface area contributed by atoms with E-state index in [1.165, 1.54) is 0 Å². The van der Waals surface area contributed by atoms with Crippen LogP contribution in [0.15, 0.2) is 0 Å². The van der Waals surface area contributed by atoms with Gasteiger partial charge in [-0.3, -0.25) is 4.79 Å². The van der Waals surface area contributed by atoms with Gasteiger partial charge in [0.2, 0.25) is 5.91 Å². The van der Waals surface area contributed by atoms with Crippen LogP contribution in [-0.2, 0) is 23.7 Å². The summed E-state index contributed by atoms with van der Waals surface area (Å²) in [5.74, 6) is 0.0205. The fourth-order valence-electron chi connectivity index (χ4n) is 1.36. The SMILES string of the molecule is CC.CCCOCCOCCOCCOCCC(=O)NCC. The van der Waals surface area contributed by atoms with Crippen molar-refractivity contribution in [3.8, 4) is 0 Å². The second-order valence-electron chi connectivity index (χ2n) is 4.15. The monoisotopic (exact) mass is 321 g/mol. The predicted molar refractivity (Wildman–Crippen MR) is 88.2 cm³/mol. The molecule has 0 spiro atoms. The number of rotatable bonds is 15. The lowest BCUT2D eigenvalue weighted by Gasteiger charge is -2.07. The minimum Gasteiger partial charge on any atom is -0.379 e. The van der Waals surface area contributed by atoms with E-state index in [-0.39, 0.29) is 5.91 Å².